The molecule has 3 aromatic rings. The number of sulfonamides is 1. The standard InChI is InChI=1S/C9H10N6O2S2/c10-7-8(15-1-2-18-9(15)14-7)19(16,17)13-4-6-3-11-5-12-6/h1-3,5,13H,4,10H2,(H,11,12). The van der Waals surface area contributed by atoms with E-state index in [0.29, 0.717) is 10.7 Å². The smallest absolute Gasteiger partial charge is 0.260 e. The Morgan fingerprint density at radius 2 is 2.37 bits per heavy atom. The summed E-state index contributed by atoms with van der Waals surface area (Å²) in [5.74, 6) is -0.0102. The van der Waals surface area contributed by atoms with Gasteiger partial charge < -0.3 is 10.7 Å². The second-order valence-electron chi connectivity index (χ2n) is 3.76. The van der Waals surface area contributed by atoms with Crippen LogP contribution in [0.1, 0.15) is 5.69 Å². The summed E-state index contributed by atoms with van der Waals surface area (Å²) in [6.07, 6.45) is 4.64. The molecule has 0 amide bonds. The number of rotatable bonds is 4. The number of nitrogen functional groups attached to an aromatic ring is 1. The van der Waals surface area contributed by atoms with Crippen molar-refractivity contribution < 1.29 is 8.42 Å². The minimum atomic E-state index is -3.74. The van der Waals surface area contributed by atoms with Crippen molar-refractivity contribution in [3.05, 3.63) is 29.8 Å². The van der Waals surface area contributed by atoms with Crippen molar-refractivity contribution in [1.29, 1.82) is 0 Å². The molecule has 0 saturated heterocycles. The average Bonchev–Trinajstić information content (AvgIpc) is 3.01. The average molecular weight is 298 g/mol. The van der Waals surface area contributed by atoms with Crippen LogP contribution in [0.3, 0.4) is 0 Å². The second-order valence-corrected chi connectivity index (χ2v) is 6.31. The molecule has 0 aromatic carbocycles. The molecular formula is C9H10N6O2S2. The number of thiazole rings is 1. The summed E-state index contributed by atoms with van der Waals surface area (Å²) in [6, 6.07) is 0. The molecule has 0 spiro atoms. The number of nitrogens with one attached hydrogen (secondary N) is 2. The topological polar surface area (TPSA) is 118 Å². The first-order chi connectivity index (χ1) is 9.08. The van der Waals surface area contributed by atoms with Crippen LogP contribution in [0.5, 0.6) is 0 Å². The Kier molecular flexibility index (Phi) is 2.77. The molecule has 3 heterocycles. The molecule has 0 aliphatic heterocycles. The fraction of sp³-hybridized carbons (Fsp3) is 0.111. The molecule has 8 nitrogen and oxygen atoms in total. The highest BCUT2D eigenvalue weighted by Crippen LogP contribution is 2.23. The van der Waals surface area contributed by atoms with Crippen molar-refractivity contribution in [3.8, 4) is 0 Å². The molecule has 10 heteroatoms. The monoisotopic (exact) mass is 298 g/mol. The molecule has 4 N–H and O–H groups in total. The Hall–Kier alpha value is -1.91. The van der Waals surface area contributed by atoms with Crippen molar-refractivity contribution in [3.63, 3.8) is 0 Å². The van der Waals surface area contributed by atoms with Crippen LogP contribution in [0.4, 0.5) is 5.82 Å². The summed E-state index contributed by atoms with van der Waals surface area (Å²) in [5.41, 5.74) is 6.33. The zero-order valence-electron chi connectivity index (χ0n) is 9.57. The van der Waals surface area contributed by atoms with E-state index < -0.39 is 10.0 Å². The fourth-order valence-corrected chi connectivity index (χ4v) is 3.66. The number of aromatic amines is 1. The van der Waals surface area contributed by atoms with Gasteiger partial charge in [0.2, 0.25) is 0 Å². The molecule has 0 atom stereocenters. The lowest BCUT2D eigenvalue weighted by atomic mass is 10.5. The van der Waals surface area contributed by atoms with Crippen LogP contribution < -0.4 is 10.5 Å². The molecular weight excluding hydrogens is 288 g/mol. The van der Waals surface area contributed by atoms with E-state index >= 15 is 0 Å². The van der Waals surface area contributed by atoms with E-state index in [9.17, 15) is 8.42 Å². The van der Waals surface area contributed by atoms with E-state index in [2.05, 4.69) is 19.7 Å². The van der Waals surface area contributed by atoms with Crippen LogP contribution in [0.15, 0.2) is 29.1 Å². The van der Waals surface area contributed by atoms with Gasteiger partial charge in [0.1, 0.15) is 0 Å². The number of fused-ring (bicyclic) bond motifs is 1. The maximum atomic E-state index is 12.2. The van der Waals surface area contributed by atoms with Gasteiger partial charge in [0.15, 0.2) is 15.8 Å². The predicted octanol–water partition coefficient (Wildman–Crippen LogP) is 0.180. The van der Waals surface area contributed by atoms with Gasteiger partial charge in [-0.25, -0.2) is 23.1 Å². The minimum absolute atomic E-state index is 0.0102. The molecule has 3 rings (SSSR count). The van der Waals surface area contributed by atoms with Gasteiger partial charge >= 0.3 is 0 Å². The van der Waals surface area contributed by atoms with E-state index in [-0.39, 0.29) is 17.4 Å². The van der Waals surface area contributed by atoms with Crippen LogP contribution in [0.25, 0.3) is 4.96 Å². The number of nitrogens with two attached hydrogens (primary N) is 1. The molecule has 19 heavy (non-hydrogen) atoms. The van der Waals surface area contributed by atoms with Crippen molar-refractivity contribution >= 4 is 32.1 Å². The summed E-state index contributed by atoms with van der Waals surface area (Å²) in [5, 5.41) is 1.71. The molecule has 3 aromatic heterocycles. The normalized spacial score (nSPS) is 12.2. The highest BCUT2D eigenvalue weighted by Gasteiger charge is 2.24. The van der Waals surface area contributed by atoms with Crippen molar-refractivity contribution in [1.82, 2.24) is 24.1 Å². The minimum Gasteiger partial charge on any atom is -0.381 e. The van der Waals surface area contributed by atoms with Gasteiger partial charge in [0.05, 0.1) is 12.9 Å². The quantitative estimate of drug-likeness (QED) is 0.635. The zero-order valence-corrected chi connectivity index (χ0v) is 11.2. The maximum absolute atomic E-state index is 12.2. The van der Waals surface area contributed by atoms with Crippen LogP contribution in [0, 0.1) is 0 Å². The Morgan fingerprint density at radius 1 is 1.53 bits per heavy atom. The molecule has 0 radical (unpaired) electrons. The maximum Gasteiger partial charge on any atom is 0.260 e. The lowest BCUT2D eigenvalue weighted by molar-refractivity contribution is 0.576. The van der Waals surface area contributed by atoms with Crippen molar-refractivity contribution in [2.75, 3.05) is 5.73 Å². The van der Waals surface area contributed by atoms with E-state index in [1.54, 1.807) is 17.8 Å². The van der Waals surface area contributed by atoms with Crippen LogP contribution in [0.2, 0.25) is 0 Å². The third-order valence-corrected chi connectivity index (χ3v) is 4.70. The second kappa shape index (κ2) is 4.33. The summed E-state index contributed by atoms with van der Waals surface area (Å²) in [4.78, 5) is 11.2. The lowest BCUT2D eigenvalue weighted by Gasteiger charge is -2.05. The first-order valence-electron chi connectivity index (χ1n) is 5.26. The van der Waals surface area contributed by atoms with Gasteiger partial charge in [0, 0.05) is 23.5 Å². The fourth-order valence-electron chi connectivity index (χ4n) is 1.67. The van der Waals surface area contributed by atoms with Gasteiger partial charge in [-0.3, -0.25) is 4.40 Å². The largest absolute Gasteiger partial charge is 0.381 e. The molecule has 0 fully saturated rings. The number of nitrogens with zero attached hydrogens (tertiary/aromatic N) is 3. The van der Waals surface area contributed by atoms with Gasteiger partial charge in [-0.05, 0) is 0 Å². The Balaban J connectivity index is 1.95. The summed E-state index contributed by atoms with van der Waals surface area (Å²) >= 11 is 1.32. The van der Waals surface area contributed by atoms with E-state index in [4.69, 9.17) is 5.73 Å². The number of aromatic nitrogens is 4. The molecule has 0 aliphatic rings. The zero-order chi connectivity index (χ0) is 13.5. The molecule has 0 saturated carbocycles. The molecule has 100 valence electrons. The predicted molar refractivity (Wildman–Crippen MR) is 70.1 cm³/mol. The van der Waals surface area contributed by atoms with Crippen LogP contribution in [-0.4, -0.2) is 27.8 Å². The van der Waals surface area contributed by atoms with Gasteiger partial charge in [-0.15, -0.1) is 11.3 Å². The molecule has 0 unspecified atom stereocenters. The van der Waals surface area contributed by atoms with Gasteiger partial charge in [-0.1, -0.05) is 0 Å². The first-order valence-corrected chi connectivity index (χ1v) is 7.62. The SMILES string of the molecule is Nc1nc2sccn2c1S(=O)(=O)NCc1cnc[nH]1. The lowest BCUT2D eigenvalue weighted by Crippen LogP contribution is -2.25. The van der Waals surface area contributed by atoms with Crippen molar-refractivity contribution in [2.24, 2.45) is 0 Å². The van der Waals surface area contributed by atoms with Crippen LogP contribution in [-0.2, 0) is 16.6 Å². The summed E-state index contributed by atoms with van der Waals surface area (Å²) in [6.45, 7) is 0.110. The third kappa shape index (κ3) is 2.09. The number of imidazole rings is 2. The van der Waals surface area contributed by atoms with E-state index in [1.807, 2.05) is 0 Å². The van der Waals surface area contributed by atoms with Crippen LogP contribution >= 0.6 is 11.3 Å². The molecule has 0 aliphatic carbocycles. The molecule has 0 bridgehead atoms. The number of anilines is 1. The van der Waals surface area contributed by atoms with E-state index in [1.165, 1.54) is 22.1 Å². The van der Waals surface area contributed by atoms with Gasteiger partial charge in [0.25, 0.3) is 10.0 Å². The highest BCUT2D eigenvalue weighted by atomic mass is 32.2. The Labute approximate surface area is 112 Å². The van der Waals surface area contributed by atoms with E-state index in [0.717, 1.165) is 0 Å². The highest BCUT2D eigenvalue weighted by molar-refractivity contribution is 7.89. The van der Waals surface area contributed by atoms with Gasteiger partial charge in [-0.2, -0.15) is 0 Å². The third-order valence-electron chi connectivity index (χ3n) is 2.51. The summed E-state index contributed by atoms with van der Waals surface area (Å²) in [7, 11) is -3.74. The summed E-state index contributed by atoms with van der Waals surface area (Å²) < 4.78 is 28.4. The first kappa shape index (κ1) is 12.1. The Bertz CT molecular complexity index is 801. The van der Waals surface area contributed by atoms with Crippen molar-refractivity contribution in [2.45, 2.75) is 11.6 Å². The number of hydrogen-bond donors (Lipinski definition) is 3. The number of H-pyrrole nitrogens is 1. The number of hydrogen-bond acceptors (Lipinski definition) is 6. The Morgan fingerprint density at radius 3 is 3.11 bits per heavy atom.